The van der Waals surface area contributed by atoms with Crippen LogP contribution >= 0.6 is 22.9 Å². The van der Waals surface area contributed by atoms with Crippen LogP contribution in [-0.4, -0.2) is 23.1 Å². The van der Waals surface area contributed by atoms with Gasteiger partial charge in [0.15, 0.2) is 4.80 Å². The number of amides is 1. The first-order chi connectivity index (χ1) is 12.9. The van der Waals surface area contributed by atoms with Gasteiger partial charge in [-0.1, -0.05) is 35.1 Å². The Labute approximate surface area is 165 Å². The van der Waals surface area contributed by atoms with Crippen molar-refractivity contribution in [3.05, 3.63) is 62.9 Å². The second-order valence-electron chi connectivity index (χ2n) is 6.13. The molecule has 3 rings (SSSR count). The first kappa shape index (κ1) is 19.3. The highest BCUT2D eigenvalue weighted by atomic mass is 35.5. The van der Waals surface area contributed by atoms with E-state index in [9.17, 15) is 9.59 Å². The third-order valence-electron chi connectivity index (χ3n) is 3.98. The molecule has 1 aromatic heterocycles. The van der Waals surface area contributed by atoms with Gasteiger partial charge in [-0.25, -0.2) is 0 Å². The molecule has 0 radical (unpaired) electrons. The van der Waals surface area contributed by atoms with Gasteiger partial charge in [0.2, 0.25) is 0 Å². The SMILES string of the molecule is CCOC(=O)Cn1c(=NC(=O)c2cccc(Cl)c2)sc2c(C)cc(C)cc21. The lowest BCUT2D eigenvalue weighted by molar-refractivity contribution is -0.143. The van der Waals surface area contributed by atoms with Crippen molar-refractivity contribution in [2.24, 2.45) is 4.99 Å². The number of carbonyl (C=O) groups excluding carboxylic acids is 2. The smallest absolute Gasteiger partial charge is 0.326 e. The van der Waals surface area contributed by atoms with Crippen molar-refractivity contribution in [1.29, 1.82) is 0 Å². The van der Waals surface area contributed by atoms with Gasteiger partial charge in [-0.3, -0.25) is 9.59 Å². The number of carbonyl (C=O) groups is 2. The zero-order chi connectivity index (χ0) is 19.6. The van der Waals surface area contributed by atoms with Gasteiger partial charge in [0.05, 0.1) is 16.8 Å². The molecule has 0 aliphatic carbocycles. The van der Waals surface area contributed by atoms with Gasteiger partial charge < -0.3 is 9.30 Å². The molecule has 0 aliphatic rings. The highest BCUT2D eigenvalue weighted by Crippen LogP contribution is 2.23. The summed E-state index contributed by atoms with van der Waals surface area (Å²) in [5, 5.41) is 0.471. The molecule has 0 bridgehead atoms. The predicted octanol–water partition coefficient (Wildman–Crippen LogP) is 4.28. The largest absolute Gasteiger partial charge is 0.465 e. The normalized spacial score (nSPS) is 11.8. The summed E-state index contributed by atoms with van der Waals surface area (Å²) in [6.45, 7) is 6.05. The Bertz CT molecular complexity index is 1100. The Morgan fingerprint density at radius 1 is 1.22 bits per heavy atom. The molecule has 0 atom stereocenters. The van der Waals surface area contributed by atoms with E-state index in [-0.39, 0.29) is 12.5 Å². The van der Waals surface area contributed by atoms with Crippen LogP contribution in [0.3, 0.4) is 0 Å². The number of halogens is 1. The van der Waals surface area contributed by atoms with Crippen molar-refractivity contribution in [2.45, 2.75) is 27.3 Å². The van der Waals surface area contributed by atoms with Crippen molar-refractivity contribution in [2.75, 3.05) is 6.61 Å². The summed E-state index contributed by atoms with van der Waals surface area (Å²) in [5.74, 6) is -0.774. The minimum atomic E-state index is -0.406. The minimum Gasteiger partial charge on any atom is -0.465 e. The lowest BCUT2D eigenvalue weighted by Gasteiger charge is -2.06. The number of fused-ring (bicyclic) bond motifs is 1. The lowest BCUT2D eigenvalue weighted by Crippen LogP contribution is -2.23. The van der Waals surface area contributed by atoms with Gasteiger partial charge in [-0.05, 0) is 56.2 Å². The van der Waals surface area contributed by atoms with Crippen molar-refractivity contribution < 1.29 is 14.3 Å². The lowest BCUT2D eigenvalue weighted by atomic mass is 10.1. The van der Waals surface area contributed by atoms with E-state index in [1.807, 2.05) is 19.9 Å². The van der Waals surface area contributed by atoms with Crippen LogP contribution in [-0.2, 0) is 16.1 Å². The number of aromatic nitrogens is 1. The number of hydrogen-bond acceptors (Lipinski definition) is 4. The van der Waals surface area contributed by atoms with E-state index in [1.165, 1.54) is 11.3 Å². The summed E-state index contributed by atoms with van der Waals surface area (Å²) >= 11 is 7.35. The molecule has 2 aromatic carbocycles. The Morgan fingerprint density at radius 3 is 2.70 bits per heavy atom. The van der Waals surface area contributed by atoms with Crippen molar-refractivity contribution in [1.82, 2.24) is 4.57 Å². The molecule has 0 N–H and O–H groups in total. The van der Waals surface area contributed by atoms with Gasteiger partial charge in [0.25, 0.3) is 5.91 Å². The molecule has 0 aliphatic heterocycles. The summed E-state index contributed by atoms with van der Waals surface area (Å²) in [6, 6.07) is 10.7. The Balaban J connectivity index is 2.17. The van der Waals surface area contributed by atoms with E-state index < -0.39 is 5.91 Å². The fraction of sp³-hybridized carbons (Fsp3) is 0.250. The molecule has 27 heavy (non-hydrogen) atoms. The molecular weight excluding hydrogens is 384 g/mol. The quantitative estimate of drug-likeness (QED) is 0.612. The fourth-order valence-electron chi connectivity index (χ4n) is 2.86. The van der Waals surface area contributed by atoms with Crippen molar-refractivity contribution in [3.63, 3.8) is 0 Å². The minimum absolute atomic E-state index is 0.00159. The topological polar surface area (TPSA) is 60.7 Å². The van der Waals surface area contributed by atoms with E-state index in [4.69, 9.17) is 16.3 Å². The van der Waals surface area contributed by atoms with Crippen LogP contribution in [0.2, 0.25) is 5.02 Å². The average Bonchev–Trinajstić information content (AvgIpc) is 2.93. The monoisotopic (exact) mass is 402 g/mol. The van der Waals surface area contributed by atoms with Crippen LogP contribution in [0.4, 0.5) is 0 Å². The number of benzene rings is 2. The van der Waals surface area contributed by atoms with Crippen molar-refractivity contribution in [3.8, 4) is 0 Å². The van der Waals surface area contributed by atoms with Gasteiger partial charge >= 0.3 is 5.97 Å². The molecule has 5 nitrogen and oxygen atoms in total. The number of aryl methyl sites for hydroxylation is 2. The van der Waals surface area contributed by atoms with Gasteiger partial charge in [0, 0.05) is 10.6 Å². The van der Waals surface area contributed by atoms with Gasteiger partial charge in [-0.15, -0.1) is 0 Å². The summed E-state index contributed by atoms with van der Waals surface area (Å²) in [7, 11) is 0. The highest BCUT2D eigenvalue weighted by Gasteiger charge is 2.14. The molecule has 7 heteroatoms. The maximum atomic E-state index is 12.6. The average molecular weight is 403 g/mol. The molecular formula is C20H19ClN2O3S. The number of thiazole rings is 1. The summed E-state index contributed by atoms with van der Waals surface area (Å²) in [4.78, 5) is 29.4. The van der Waals surface area contributed by atoms with Gasteiger partial charge in [-0.2, -0.15) is 4.99 Å². The maximum absolute atomic E-state index is 12.6. The van der Waals surface area contributed by atoms with Gasteiger partial charge in [0.1, 0.15) is 6.54 Å². The maximum Gasteiger partial charge on any atom is 0.326 e. The second-order valence-corrected chi connectivity index (χ2v) is 7.55. The second kappa shape index (κ2) is 8.06. The van der Waals surface area contributed by atoms with E-state index in [2.05, 4.69) is 11.1 Å². The molecule has 140 valence electrons. The molecule has 0 saturated carbocycles. The first-order valence-electron chi connectivity index (χ1n) is 8.50. The molecule has 0 fully saturated rings. The Hall–Kier alpha value is -2.44. The van der Waals surface area contributed by atoms with Crippen LogP contribution < -0.4 is 4.80 Å². The Kier molecular flexibility index (Phi) is 5.77. The standard InChI is InChI=1S/C20H19ClN2O3S/c1-4-26-17(24)11-23-16-9-12(2)8-13(3)18(16)27-20(23)22-19(25)14-6-5-7-15(21)10-14/h5-10H,4,11H2,1-3H3. The summed E-state index contributed by atoms with van der Waals surface area (Å²) < 4.78 is 7.81. The van der Waals surface area contributed by atoms with Crippen LogP contribution in [0.25, 0.3) is 10.2 Å². The van der Waals surface area contributed by atoms with E-state index in [1.54, 1.807) is 35.8 Å². The van der Waals surface area contributed by atoms with Crippen LogP contribution in [0.1, 0.15) is 28.4 Å². The fourth-order valence-corrected chi connectivity index (χ4v) is 4.13. The number of esters is 1. The third-order valence-corrected chi connectivity index (χ3v) is 5.44. The van der Waals surface area contributed by atoms with Crippen LogP contribution in [0.15, 0.2) is 41.4 Å². The van der Waals surface area contributed by atoms with E-state index in [0.29, 0.717) is 22.0 Å². The molecule has 3 aromatic rings. The molecule has 0 unspecified atom stereocenters. The van der Waals surface area contributed by atoms with E-state index in [0.717, 1.165) is 21.3 Å². The third kappa shape index (κ3) is 4.28. The van der Waals surface area contributed by atoms with E-state index >= 15 is 0 Å². The summed E-state index contributed by atoms with van der Waals surface area (Å²) in [5.41, 5.74) is 3.41. The number of ether oxygens (including phenoxy) is 1. The zero-order valence-electron chi connectivity index (χ0n) is 15.3. The molecule has 1 heterocycles. The zero-order valence-corrected chi connectivity index (χ0v) is 16.9. The van der Waals surface area contributed by atoms with Crippen LogP contribution in [0, 0.1) is 13.8 Å². The molecule has 0 saturated heterocycles. The first-order valence-corrected chi connectivity index (χ1v) is 9.69. The number of rotatable bonds is 4. The summed E-state index contributed by atoms with van der Waals surface area (Å²) in [6.07, 6.45) is 0. The van der Waals surface area contributed by atoms with Crippen molar-refractivity contribution >= 4 is 45.0 Å². The Morgan fingerprint density at radius 2 is 2.00 bits per heavy atom. The number of nitrogens with zero attached hydrogens (tertiary/aromatic N) is 2. The molecule has 0 spiro atoms. The number of hydrogen-bond donors (Lipinski definition) is 0. The predicted molar refractivity (Wildman–Crippen MR) is 107 cm³/mol. The van der Waals surface area contributed by atoms with Crippen LogP contribution in [0.5, 0.6) is 0 Å². The molecule has 1 amide bonds. The highest BCUT2D eigenvalue weighted by molar-refractivity contribution is 7.16.